The van der Waals surface area contributed by atoms with E-state index in [1.165, 1.54) is 11.8 Å². The molecule has 0 aliphatic heterocycles. The highest BCUT2D eigenvalue weighted by Crippen LogP contribution is 2.28. The maximum atomic E-state index is 13.0. The number of hydrogen-bond acceptors (Lipinski definition) is 7. The van der Waals surface area contributed by atoms with Gasteiger partial charge in [-0.2, -0.15) is 4.68 Å². The summed E-state index contributed by atoms with van der Waals surface area (Å²) in [6.45, 7) is 7.26. The van der Waals surface area contributed by atoms with Crippen LogP contribution in [-0.4, -0.2) is 48.8 Å². The predicted molar refractivity (Wildman–Crippen MR) is 110 cm³/mol. The van der Waals surface area contributed by atoms with E-state index in [2.05, 4.69) is 20.5 Å². The highest BCUT2D eigenvalue weighted by molar-refractivity contribution is 8.00. The lowest BCUT2D eigenvalue weighted by molar-refractivity contribution is 0.0525. The third-order valence-corrected chi connectivity index (χ3v) is 5.61. The number of nitrogens with one attached hydrogen (secondary N) is 1. The molecule has 0 aliphatic rings. The molecule has 2 aromatic heterocycles. The van der Waals surface area contributed by atoms with Gasteiger partial charge in [-0.25, -0.2) is 4.79 Å². The lowest BCUT2D eigenvalue weighted by atomic mass is 10.1. The van der Waals surface area contributed by atoms with Crippen molar-refractivity contribution >= 4 is 35.1 Å². The Morgan fingerprint density at radius 2 is 1.97 bits per heavy atom. The van der Waals surface area contributed by atoms with Crippen LogP contribution in [0.2, 0.25) is 5.02 Å². The number of carbonyl (C=O) groups is 2. The molecular weight excluding hydrogens is 414 g/mol. The van der Waals surface area contributed by atoms with E-state index in [4.69, 9.17) is 16.3 Å². The van der Waals surface area contributed by atoms with Gasteiger partial charge in [-0.05, 0) is 68.0 Å². The number of rotatable bonds is 7. The molecule has 0 aliphatic carbocycles. The van der Waals surface area contributed by atoms with E-state index in [0.717, 1.165) is 5.69 Å². The van der Waals surface area contributed by atoms with Crippen molar-refractivity contribution in [1.82, 2.24) is 25.2 Å². The first-order chi connectivity index (χ1) is 13.8. The van der Waals surface area contributed by atoms with Crippen molar-refractivity contribution in [3.05, 3.63) is 51.8 Å². The van der Waals surface area contributed by atoms with Crippen molar-refractivity contribution in [2.24, 2.45) is 0 Å². The van der Waals surface area contributed by atoms with Crippen LogP contribution < -0.4 is 0 Å². The molecule has 1 atom stereocenters. The van der Waals surface area contributed by atoms with Crippen LogP contribution >= 0.6 is 23.4 Å². The number of carbonyl (C=O) groups excluding carboxylic acids is 2. The van der Waals surface area contributed by atoms with Crippen LogP contribution in [0.25, 0.3) is 5.69 Å². The normalized spacial score (nSPS) is 12.0. The summed E-state index contributed by atoms with van der Waals surface area (Å²) in [7, 11) is 0. The van der Waals surface area contributed by atoms with Gasteiger partial charge in [-0.3, -0.25) is 4.79 Å². The Balaban J connectivity index is 1.83. The number of thioether (sulfide) groups is 1. The topological polar surface area (TPSA) is 103 Å². The fourth-order valence-corrected chi connectivity index (χ4v) is 3.91. The van der Waals surface area contributed by atoms with Crippen molar-refractivity contribution in [3.63, 3.8) is 0 Å². The zero-order valence-electron chi connectivity index (χ0n) is 16.4. The Kier molecular flexibility index (Phi) is 6.39. The minimum absolute atomic E-state index is 0.156. The molecule has 0 radical (unpaired) electrons. The van der Waals surface area contributed by atoms with Gasteiger partial charge in [0.25, 0.3) is 0 Å². The molecule has 152 valence electrons. The first kappa shape index (κ1) is 21.1. The third kappa shape index (κ3) is 4.35. The van der Waals surface area contributed by atoms with Crippen LogP contribution in [0.5, 0.6) is 0 Å². The molecule has 1 N–H and O–H groups in total. The fraction of sp³-hybridized carbons (Fsp3) is 0.316. The van der Waals surface area contributed by atoms with Crippen molar-refractivity contribution in [2.45, 2.75) is 38.1 Å². The second-order valence-corrected chi connectivity index (χ2v) is 8.06. The first-order valence-corrected chi connectivity index (χ1v) is 10.2. The summed E-state index contributed by atoms with van der Waals surface area (Å²) in [5.41, 5.74) is 2.70. The second-order valence-electron chi connectivity index (χ2n) is 6.32. The van der Waals surface area contributed by atoms with Gasteiger partial charge < -0.3 is 9.72 Å². The Hall–Kier alpha value is -2.65. The van der Waals surface area contributed by atoms with Gasteiger partial charge in [-0.1, -0.05) is 23.4 Å². The monoisotopic (exact) mass is 433 g/mol. The van der Waals surface area contributed by atoms with Crippen LogP contribution in [0, 0.1) is 13.8 Å². The quantitative estimate of drug-likeness (QED) is 0.343. The minimum Gasteiger partial charge on any atom is -0.462 e. The number of ether oxygens (including phenoxy) is 1. The average Bonchev–Trinajstić information content (AvgIpc) is 3.26. The number of nitrogens with zero attached hydrogens (tertiary/aromatic N) is 4. The van der Waals surface area contributed by atoms with Gasteiger partial charge in [0.2, 0.25) is 5.16 Å². The highest BCUT2D eigenvalue weighted by Gasteiger charge is 2.27. The number of ketones is 1. The largest absolute Gasteiger partial charge is 0.462 e. The van der Waals surface area contributed by atoms with Gasteiger partial charge in [-0.15, -0.1) is 5.10 Å². The molecular formula is C19H20ClN5O3S. The maximum absolute atomic E-state index is 13.0. The molecule has 1 aromatic carbocycles. The highest BCUT2D eigenvalue weighted by atomic mass is 35.5. The van der Waals surface area contributed by atoms with Crippen LogP contribution in [-0.2, 0) is 4.74 Å². The molecule has 0 fully saturated rings. The number of aromatic nitrogens is 5. The van der Waals surface area contributed by atoms with Gasteiger partial charge >= 0.3 is 5.97 Å². The molecule has 0 bridgehead atoms. The van der Waals surface area contributed by atoms with Crippen LogP contribution in [0.3, 0.4) is 0 Å². The van der Waals surface area contributed by atoms with E-state index < -0.39 is 11.2 Å². The molecule has 29 heavy (non-hydrogen) atoms. The molecule has 1 unspecified atom stereocenters. The fourth-order valence-electron chi connectivity index (χ4n) is 2.92. The molecule has 3 rings (SSSR count). The van der Waals surface area contributed by atoms with Crippen molar-refractivity contribution in [1.29, 1.82) is 0 Å². The molecule has 10 heteroatoms. The molecule has 0 saturated heterocycles. The summed E-state index contributed by atoms with van der Waals surface area (Å²) >= 11 is 7.16. The Morgan fingerprint density at radius 3 is 2.62 bits per heavy atom. The van der Waals surface area contributed by atoms with Crippen LogP contribution in [0.15, 0.2) is 29.4 Å². The van der Waals surface area contributed by atoms with E-state index in [0.29, 0.717) is 32.7 Å². The van der Waals surface area contributed by atoms with Crippen molar-refractivity contribution in [3.8, 4) is 5.69 Å². The van der Waals surface area contributed by atoms with E-state index in [1.807, 2.05) is 0 Å². The van der Waals surface area contributed by atoms with Crippen molar-refractivity contribution < 1.29 is 14.3 Å². The summed E-state index contributed by atoms with van der Waals surface area (Å²) in [5, 5.41) is 12.3. The lowest BCUT2D eigenvalue weighted by Crippen LogP contribution is -2.16. The average molecular weight is 434 g/mol. The molecule has 3 aromatic rings. The smallest absolute Gasteiger partial charge is 0.340 e. The van der Waals surface area contributed by atoms with Gasteiger partial charge in [0.15, 0.2) is 5.78 Å². The number of tetrazole rings is 1. The summed E-state index contributed by atoms with van der Waals surface area (Å²) in [4.78, 5) is 28.2. The Morgan fingerprint density at radius 1 is 1.28 bits per heavy atom. The number of H-pyrrole nitrogens is 1. The summed E-state index contributed by atoms with van der Waals surface area (Å²) in [6, 6.07) is 7.06. The maximum Gasteiger partial charge on any atom is 0.340 e. The molecule has 0 saturated carbocycles. The number of esters is 1. The summed E-state index contributed by atoms with van der Waals surface area (Å²) in [6.07, 6.45) is 0. The standard InChI is InChI=1S/C19H20ClN5O3S/c1-5-28-18(27)15-10(2)16(21-11(15)3)17(26)12(4)29-19-22-23-24-25(19)14-8-6-13(20)7-9-14/h6-9,12,21H,5H2,1-4H3. The van der Waals surface area contributed by atoms with E-state index in [1.54, 1.807) is 56.6 Å². The first-order valence-electron chi connectivity index (χ1n) is 8.95. The number of halogens is 1. The van der Waals surface area contributed by atoms with Crippen molar-refractivity contribution in [2.75, 3.05) is 6.61 Å². The summed E-state index contributed by atoms with van der Waals surface area (Å²) < 4.78 is 6.63. The zero-order chi connectivity index (χ0) is 21.1. The predicted octanol–water partition coefficient (Wildman–Crippen LogP) is 3.80. The van der Waals surface area contributed by atoms with E-state index >= 15 is 0 Å². The molecule has 0 amide bonds. The zero-order valence-corrected chi connectivity index (χ0v) is 18.0. The SMILES string of the molecule is CCOC(=O)c1c(C)[nH]c(C(=O)C(C)Sc2nnnn2-c2ccc(Cl)cc2)c1C. The molecule has 0 spiro atoms. The number of aryl methyl sites for hydroxylation is 1. The van der Waals surface area contributed by atoms with Gasteiger partial charge in [0, 0.05) is 10.7 Å². The second kappa shape index (κ2) is 8.79. The number of aromatic amines is 1. The van der Waals surface area contributed by atoms with Crippen LogP contribution in [0.4, 0.5) is 0 Å². The molecule has 2 heterocycles. The third-order valence-electron chi connectivity index (χ3n) is 4.33. The van der Waals surface area contributed by atoms with E-state index in [9.17, 15) is 9.59 Å². The number of benzene rings is 1. The Labute approximate surface area is 177 Å². The number of Topliss-reactive ketones (excluding diaryl/α,β-unsaturated/α-hetero) is 1. The lowest BCUT2D eigenvalue weighted by Gasteiger charge is -2.10. The van der Waals surface area contributed by atoms with Gasteiger partial charge in [0.1, 0.15) is 0 Å². The number of hydrogen-bond donors (Lipinski definition) is 1. The summed E-state index contributed by atoms with van der Waals surface area (Å²) in [5.74, 6) is -0.596. The Bertz CT molecular complexity index is 1040. The van der Waals surface area contributed by atoms with Crippen LogP contribution in [0.1, 0.15) is 46.0 Å². The minimum atomic E-state index is -0.487. The molecule has 8 nitrogen and oxygen atoms in total. The van der Waals surface area contributed by atoms with E-state index in [-0.39, 0.29) is 12.4 Å². The van der Waals surface area contributed by atoms with Gasteiger partial charge in [0.05, 0.1) is 28.8 Å².